The van der Waals surface area contributed by atoms with E-state index in [9.17, 15) is 5.11 Å². The average Bonchev–Trinajstić information content (AvgIpc) is 2.83. The second-order valence-corrected chi connectivity index (χ2v) is 4.65. The van der Waals surface area contributed by atoms with Gasteiger partial charge in [0.1, 0.15) is 5.75 Å². The first-order valence-corrected chi connectivity index (χ1v) is 5.52. The summed E-state index contributed by atoms with van der Waals surface area (Å²) in [5, 5.41) is 10.2. The number of ether oxygens (including phenoxy) is 1. The fraction of sp³-hybridized carbons (Fsp3) is 0.538. The van der Waals surface area contributed by atoms with Crippen molar-refractivity contribution in [2.75, 3.05) is 0 Å². The molecular formula is C13H18O2. The average molecular weight is 206 g/mol. The van der Waals surface area contributed by atoms with Gasteiger partial charge in [0, 0.05) is 5.56 Å². The monoisotopic (exact) mass is 206 g/mol. The minimum atomic E-state index is -0.616. The number of hydrogen-bond acceptors (Lipinski definition) is 2. The van der Waals surface area contributed by atoms with Gasteiger partial charge in [0.2, 0.25) is 0 Å². The lowest BCUT2D eigenvalue weighted by atomic mass is 10.0. The number of aryl methyl sites for hydroxylation is 1. The third kappa shape index (κ3) is 2.00. The summed E-state index contributed by atoms with van der Waals surface area (Å²) in [4.78, 5) is 0. The third-order valence-electron chi connectivity index (χ3n) is 2.79. The van der Waals surface area contributed by atoms with Crippen LogP contribution in [0, 0.1) is 6.92 Å². The van der Waals surface area contributed by atoms with Gasteiger partial charge >= 0.3 is 0 Å². The Morgan fingerprint density at radius 3 is 2.53 bits per heavy atom. The molecule has 0 radical (unpaired) electrons. The van der Waals surface area contributed by atoms with Crippen LogP contribution in [0.5, 0.6) is 5.75 Å². The van der Waals surface area contributed by atoms with Crippen molar-refractivity contribution >= 4 is 0 Å². The fourth-order valence-corrected chi connectivity index (χ4v) is 1.96. The van der Waals surface area contributed by atoms with Crippen LogP contribution in [0.1, 0.15) is 37.8 Å². The molecule has 0 aliphatic heterocycles. The quantitative estimate of drug-likeness (QED) is 0.824. The maximum atomic E-state index is 10.2. The minimum Gasteiger partial charge on any atom is -0.491 e. The molecule has 2 rings (SSSR count). The Morgan fingerprint density at radius 1 is 1.33 bits per heavy atom. The van der Waals surface area contributed by atoms with E-state index in [1.165, 1.54) is 0 Å². The predicted molar refractivity (Wildman–Crippen MR) is 60.1 cm³/mol. The van der Waals surface area contributed by atoms with Gasteiger partial charge in [-0.1, -0.05) is 12.1 Å². The Labute approximate surface area is 90.9 Å². The molecule has 0 amide bonds. The Hall–Kier alpha value is -1.02. The van der Waals surface area contributed by atoms with Crippen molar-refractivity contribution < 1.29 is 9.84 Å². The molecule has 0 unspecified atom stereocenters. The molecule has 2 nitrogen and oxygen atoms in total. The van der Waals surface area contributed by atoms with Crippen molar-refractivity contribution in [1.29, 1.82) is 0 Å². The van der Waals surface area contributed by atoms with E-state index >= 15 is 0 Å². The zero-order valence-corrected chi connectivity index (χ0v) is 9.58. The molecule has 1 aromatic carbocycles. The van der Waals surface area contributed by atoms with E-state index in [0.717, 1.165) is 29.7 Å². The van der Waals surface area contributed by atoms with Crippen molar-refractivity contribution in [1.82, 2.24) is 0 Å². The van der Waals surface area contributed by atoms with Crippen molar-refractivity contribution in [3.63, 3.8) is 0 Å². The molecule has 1 aromatic rings. The second kappa shape index (κ2) is 3.53. The van der Waals surface area contributed by atoms with Crippen molar-refractivity contribution in [2.24, 2.45) is 0 Å². The van der Waals surface area contributed by atoms with Crippen LogP contribution in [0.2, 0.25) is 0 Å². The third-order valence-corrected chi connectivity index (χ3v) is 2.79. The summed E-state index contributed by atoms with van der Waals surface area (Å²) >= 11 is 0. The first-order valence-electron chi connectivity index (χ1n) is 5.52. The lowest BCUT2D eigenvalue weighted by Gasteiger charge is -2.19. The molecule has 0 atom stereocenters. The smallest absolute Gasteiger partial charge is 0.126 e. The number of hydrogen-bond donors (Lipinski definition) is 1. The van der Waals surface area contributed by atoms with Crippen LogP contribution in [0.25, 0.3) is 0 Å². The second-order valence-electron chi connectivity index (χ2n) is 4.65. The number of aliphatic hydroxyl groups is 1. The first kappa shape index (κ1) is 10.5. The Bertz CT molecular complexity index is 365. The maximum absolute atomic E-state index is 10.2. The molecule has 1 fully saturated rings. The molecule has 0 bridgehead atoms. The molecule has 1 aliphatic rings. The first-order chi connectivity index (χ1) is 7.03. The van der Waals surface area contributed by atoms with Crippen LogP contribution in [0.3, 0.4) is 0 Å². The van der Waals surface area contributed by atoms with Crippen LogP contribution in [-0.2, 0) is 5.60 Å². The molecular weight excluding hydrogens is 188 g/mol. The molecule has 0 saturated heterocycles. The van der Waals surface area contributed by atoms with E-state index in [-0.39, 0.29) is 6.10 Å². The van der Waals surface area contributed by atoms with Gasteiger partial charge in [-0.15, -0.1) is 0 Å². The summed E-state index contributed by atoms with van der Waals surface area (Å²) in [7, 11) is 0. The largest absolute Gasteiger partial charge is 0.491 e. The van der Waals surface area contributed by atoms with Crippen LogP contribution < -0.4 is 4.74 Å². The summed E-state index contributed by atoms with van der Waals surface area (Å²) in [5.41, 5.74) is 1.49. The van der Waals surface area contributed by atoms with Crippen LogP contribution in [-0.4, -0.2) is 11.2 Å². The van der Waals surface area contributed by atoms with E-state index in [1.807, 2.05) is 39.0 Å². The summed E-state index contributed by atoms with van der Waals surface area (Å²) in [6.45, 7) is 6.03. The predicted octanol–water partition coefficient (Wildman–Crippen LogP) is 2.76. The molecule has 0 heterocycles. The van der Waals surface area contributed by atoms with Crippen LogP contribution in [0.15, 0.2) is 18.2 Å². The van der Waals surface area contributed by atoms with Gasteiger partial charge in [-0.3, -0.25) is 0 Å². The molecule has 0 spiro atoms. The molecule has 15 heavy (non-hydrogen) atoms. The van der Waals surface area contributed by atoms with Gasteiger partial charge in [-0.2, -0.15) is 0 Å². The topological polar surface area (TPSA) is 29.5 Å². The van der Waals surface area contributed by atoms with Crippen molar-refractivity contribution in [3.05, 3.63) is 29.3 Å². The normalized spacial score (nSPS) is 17.9. The molecule has 1 aliphatic carbocycles. The molecule has 0 aromatic heterocycles. The van der Waals surface area contributed by atoms with E-state index in [4.69, 9.17) is 4.74 Å². The lowest BCUT2D eigenvalue weighted by molar-refractivity contribution is 0.141. The molecule has 1 saturated carbocycles. The zero-order chi connectivity index (χ0) is 11.1. The van der Waals surface area contributed by atoms with Crippen molar-refractivity contribution in [3.8, 4) is 5.75 Å². The lowest BCUT2D eigenvalue weighted by Crippen LogP contribution is -2.13. The Balaban J connectivity index is 2.40. The highest BCUT2D eigenvalue weighted by molar-refractivity contribution is 5.46. The van der Waals surface area contributed by atoms with E-state index in [1.54, 1.807) is 0 Å². The van der Waals surface area contributed by atoms with E-state index in [0.29, 0.717) is 0 Å². The molecule has 2 heteroatoms. The highest BCUT2D eigenvalue weighted by atomic mass is 16.5. The maximum Gasteiger partial charge on any atom is 0.126 e. The minimum absolute atomic E-state index is 0.146. The SMILES string of the molecule is Cc1cccc(OC(C)C)c1C1(O)CC1. The van der Waals surface area contributed by atoms with Crippen LogP contribution in [0.4, 0.5) is 0 Å². The summed E-state index contributed by atoms with van der Waals surface area (Å²) in [5.74, 6) is 0.838. The Kier molecular flexibility index (Phi) is 2.47. The molecule has 1 N–H and O–H groups in total. The highest BCUT2D eigenvalue weighted by Gasteiger charge is 2.45. The van der Waals surface area contributed by atoms with Gasteiger partial charge < -0.3 is 9.84 Å². The van der Waals surface area contributed by atoms with Crippen molar-refractivity contribution in [2.45, 2.75) is 45.3 Å². The van der Waals surface area contributed by atoms with Crippen LogP contribution >= 0.6 is 0 Å². The highest BCUT2D eigenvalue weighted by Crippen LogP contribution is 2.50. The fourth-order valence-electron chi connectivity index (χ4n) is 1.96. The number of rotatable bonds is 3. The summed E-state index contributed by atoms with van der Waals surface area (Å²) in [6, 6.07) is 5.94. The van der Waals surface area contributed by atoms with Gasteiger partial charge in [-0.25, -0.2) is 0 Å². The van der Waals surface area contributed by atoms with Gasteiger partial charge in [-0.05, 0) is 45.2 Å². The summed E-state index contributed by atoms with van der Waals surface area (Å²) < 4.78 is 5.73. The van der Waals surface area contributed by atoms with Gasteiger partial charge in [0.25, 0.3) is 0 Å². The van der Waals surface area contributed by atoms with E-state index < -0.39 is 5.60 Å². The van der Waals surface area contributed by atoms with E-state index in [2.05, 4.69) is 0 Å². The number of benzene rings is 1. The standard InChI is InChI=1S/C13H18O2/c1-9(2)15-11-6-4-5-10(3)12(11)13(14)7-8-13/h4-6,9,14H,7-8H2,1-3H3. The van der Waals surface area contributed by atoms with Gasteiger partial charge in [0.05, 0.1) is 11.7 Å². The molecule has 82 valence electrons. The summed E-state index contributed by atoms with van der Waals surface area (Å²) in [6.07, 6.45) is 1.85. The van der Waals surface area contributed by atoms with Gasteiger partial charge in [0.15, 0.2) is 0 Å². The zero-order valence-electron chi connectivity index (χ0n) is 9.58. The Morgan fingerprint density at radius 2 is 2.00 bits per heavy atom.